The molecule has 1 amide bonds. The Morgan fingerprint density at radius 2 is 1.95 bits per heavy atom. The van der Waals surface area contributed by atoms with Crippen molar-refractivity contribution in [1.82, 2.24) is 0 Å². The molecule has 4 nitrogen and oxygen atoms in total. The molecule has 0 saturated carbocycles. The van der Waals surface area contributed by atoms with E-state index in [9.17, 15) is 4.79 Å². The highest BCUT2D eigenvalue weighted by Crippen LogP contribution is 2.18. The van der Waals surface area contributed by atoms with Crippen LogP contribution in [0.4, 0.5) is 5.69 Å². The third-order valence-electron chi connectivity index (χ3n) is 3.06. The molecule has 4 heteroatoms. The van der Waals surface area contributed by atoms with Crippen LogP contribution in [0.5, 0.6) is 5.75 Å². The molecule has 1 aromatic rings. The van der Waals surface area contributed by atoms with Crippen LogP contribution in [0, 0.1) is 11.8 Å². The van der Waals surface area contributed by atoms with Gasteiger partial charge in [-0.05, 0) is 56.0 Å². The monoisotopic (exact) mass is 278 g/mol. The predicted molar refractivity (Wildman–Crippen MR) is 82.9 cm³/mol. The lowest BCUT2D eigenvalue weighted by Crippen LogP contribution is -2.23. The summed E-state index contributed by atoms with van der Waals surface area (Å²) < 4.78 is 5.36. The van der Waals surface area contributed by atoms with Gasteiger partial charge < -0.3 is 15.8 Å². The Hall–Kier alpha value is -1.55. The maximum Gasteiger partial charge on any atom is 0.224 e. The van der Waals surface area contributed by atoms with E-state index in [0.29, 0.717) is 25.5 Å². The Balaban J connectivity index is 2.48. The molecule has 0 aliphatic heterocycles. The van der Waals surface area contributed by atoms with Gasteiger partial charge >= 0.3 is 0 Å². The normalized spacial score (nSPS) is 12.2. The topological polar surface area (TPSA) is 64.3 Å². The molecular formula is C16H26N2O2. The molecule has 0 aliphatic rings. The molecule has 112 valence electrons. The molecule has 0 fully saturated rings. The van der Waals surface area contributed by atoms with Gasteiger partial charge in [-0.3, -0.25) is 4.79 Å². The number of nitrogens with two attached hydrogens (primary N) is 1. The van der Waals surface area contributed by atoms with E-state index < -0.39 is 0 Å². The Morgan fingerprint density at radius 3 is 2.45 bits per heavy atom. The van der Waals surface area contributed by atoms with Gasteiger partial charge in [-0.25, -0.2) is 0 Å². The minimum absolute atomic E-state index is 0.0188. The van der Waals surface area contributed by atoms with Crippen molar-refractivity contribution in [2.45, 2.75) is 33.6 Å². The molecule has 1 atom stereocenters. The molecule has 0 spiro atoms. The summed E-state index contributed by atoms with van der Waals surface area (Å²) in [5, 5.41) is 2.90. The standard InChI is InChI=1S/C16H26N2O2/c1-4-20-15-7-5-14(6-8-15)18-16(19)10-13(11-17)9-12(2)3/h5-8,12-13H,4,9-11,17H2,1-3H3,(H,18,19). The van der Waals surface area contributed by atoms with Gasteiger partial charge in [-0.15, -0.1) is 0 Å². The number of hydrogen-bond donors (Lipinski definition) is 2. The van der Waals surface area contributed by atoms with Crippen molar-refractivity contribution in [3.05, 3.63) is 24.3 Å². The lowest BCUT2D eigenvalue weighted by molar-refractivity contribution is -0.117. The number of ether oxygens (including phenoxy) is 1. The Kier molecular flexibility index (Phi) is 7.09. The molecule has 0 aromatic heterocycles. The first-order valence-electron chi connectivity index (χ1n) is 7.27. The summed E-state index contributed by atoms with van der Waals surface area (Å²) in [5.74, 6) is 1.63. The van der Waals surface area contributed by atoms with Gasteiger partial charge in [-0.1, -0.05) is 13.8 Å². The van der Waals surface area contributed by atoms with Crippen LogP contribution in [0.3, 0.4) is 0 Å². The fourth-order valence-corrected chi connectivity index (χ4v) is 2.20. The van der Waals surface area contributed by atoms with E-state index in [-0.39, 0.29) is 11.8 Å². The number of nitrogens with one attached hydrogen (secondary N) is 1. The second-order valence-corrected chi connectivity index (χ2v) is 5.44. The molecule has 0 bridgehead atoms. The van der Waals surface area contributed by atoms with Crippen molar-refractivity contribution in [2.75, 3.05) is 18.5 Å². The highest BCUT2D eigenvalue weighted by Gasteiger charge is 2.14. The average Bonchev–Trinajstić information content (AvgIpc) is 2.40. The molecule has 20 heavy (non-hydrogen) atoms. The van der Waals surface area contributed by atoms with Crippen LogP contribution in [0.2, 0.25) is 0 Å². The average molecular weight is 278 g/mol. The summed E-state index contributed by atoms with van der Waals surface area (Å²) in [6.07, 6.45) is 1.45. The van der Waals surface area contributed by atoms with Crippen LogP contribution in [0.15, 0.2) is 24.3 Å². The zero-order valence-electron chi connectivity index (χ0n) is 12.7. The van der Waals surface area contributed by atoms with E-state index >= 15 is 0 Å². The second kappa shape index (κ2) is 8.59. The van der Waals surface area contributed by atoms with Crippen LogP contribution in [0.25, 0.3) is 0 Å². The van der Waals surface area contributed by atoms with Gasteiger partial charge in [0.15, 0.2) is 0 Å². The van der Waals surface area contributed by atoms with Crippen molar-refractivity contribution >= 4 is 11.6 Å². The van der Waals surface area contributed by atoms with E-state index in [1.165, 1.54) is 0 Å². The SMILES string of the molecule is CCOc1ccc(NC(=O)CC(CN)CC(C)C)cc1. The van der Waals surface area contributed by atoms with Crippen LogP contribution < -0.4 is 15.8 Å². The molecular weight excluding hydrogens is 252 g/mol. The number of carbonyl (C=O) groups is 1. The molecule has 0 radical (unpaired) electrons. The molecule has 0 saturated heterocycles. The first kappa shape index (κ1) is 16.5. The quantitative estimate of drug-likeness (QED) is 0.768. The summed E-state index contributed by atoms with van der Waals surface area (Å²) in [4.78, 5) is 12.0. The van der Waals surface area contributed by atoms with Crippen molar-refractivity contribution < 1.29 is 9.53 Å². The van der Waals surface area contributed by atoms with Gasteiger partial charge in [-0.2, -0.15) is 0 Å². The van der Waals surface area contributed by atoms with E-state index in [4.69, 9.17) is 10.5 Å². The Bertz CT molecular complexity index is 401. The molecule has 1 rings (SSSR count). The highest BCUT2D eigenvalue weighted by molar-refractivity contribution is 5.90. The first-order valence-corrected chi connectivity index (χ1v) is 7.27. The van der Waals surface area contributed by atoms with Gasteiger partial charge in [0.25, 0.3) is 0 Å². The van der Waals surface area contributed by atoms with Gasteiger partial charge in [0, 0.05) is 12.1 Å². The summed E-state index contributed by atoms with van der Waals surface area (Å²) in [6.45, 7) is 7.42. The number of benzene rings is 1. The number of hydrogen-bond acceptors (Lipinski definition) is 3. The van der Waals surface area contributed by atoms with E-state index in [2.05, 4.69) is 19.2 Å². The molecule has 0 heterocycles. The molecule has 1 aromatic carbocycles. The van der Waals surface area contributed by atoms with Crippen LogP contribution in [-0.4, -0.2) is 19.1 Å². The fourth-order valence-electron chi connectivity index (χ4n) is 2.20. The van der Waals surface area contributed by atoms with Gasteiger partial charge in [0.2, 0.25) is 5.91 Å². The zero-order valence-corrected chi connectivity index (χ0v) is 12.7. The summed E-state index contributed by atoms with van der Waals surface area (Å²) in [7, 11) is 0. The second-order valence-electron chi connectivity index (χ2n) is 5.44. The smallest absolute Gasteiger partial charge is 0.224 e. The van der Waals surface area contributed by atoms with Crippen LogP contribution in [0.1, 0.15) is 33.6 Å². The summed E-state index contributed by atoms with van der Waals surface area (Å²) in [6, 6.07) is 7.41. The number of anilines is 1. The Morgan fingerprint density at radius 1 is 1.30 bits per heavy atom. The lowest BCUT2D eigenvalue weighted by atomic mass is 9.94. The van der Waals surface area contributed by atoms with E-state index in [1.807, 2.05) is 31.2 Å². The Labute approximate surface area is 121 Å². The molecule has 3 N–H and O–H groups in total. The van der Waals surface area contributed by atoms with E-state index in [1.54, 1.807) is 0 Å². The lowest BCUT2D eigenvalue weighted by Gasteiger charge is -2.16. The third kappa shape index (κ3) is 6.06. The van der Waals surface area contributed by atoms with E-state index in [0.717, 1.165) is 17.9 Å². The predicted octanol–water partition coefficient (Wildman–Crippen LogP) is 3.03. The van der Waals surface area contributed by atoms with Crippen LogP contribution >= 0.6 is 0 Å². The first-order chi connectivity index (χ1) is 9.55. The third-order valence-corrected chi connectivity index (χ3v) is 3.06. The fraction of sp³-hybridized carbons (Fsp3) is 0.562. The number of amides is 1. The highest BCUT2D eigenvalue weighted by atomic mass is 16.5. The summed E-state index contributed by atoms with van der Waals surface area (Å²) >= 11 is 0. The van der Waals surface area contributed by atoms with Crippen molar-refractivity contribution in [2.24, 2.45) is 17.6 Å². The summed E-state index contributed by atoms with van der Waals surface area (Å²) in [5.41, 5.74) is 6.51. The number of carbonyl (C=O) groups excluding carboxylic acids is 1. The minimum Gasteiger partial charge on any atom is -0.494 e. The van der Waals surface area contributed by atoms with Crippen molar-refractivity contribution in [1.29, 1.82) is 0 Å². The number of rotatable bonds is 8. The zero-order chi connectivity index (χ0) is 15.0. The maximum atomic E-state index is 12.0. The van der Waals surface area contributed by atoms with Crippen LogP contribution in [-0.2, 0) is 4.79 Å². The molecule has 0 aliphatic carbocycles. The minimum atomic E-state index is 0.0188. The van der Waals surface area contributed by atoms with Crippen molar-refractivity contribution in [3.63, 3.8) is 0 Å². The van der Waals surface area contributed by atoms with Gasteiger partial charge in [0.1, 0.15) is 5.75 Å². The molecule has 1 unspecified atom stereocenters. The van der Waals surface area contributed by atoms with Crippen molar-refractivity contribution in [3.8, 4) is 5.75 Å². The van der Waals surface area contributed by atoms with Gasteiger partial charge in [0.05, 0.1) is 6.61 Å². The maximum absolute atomic E-state index is 12.0. The largest absolute Gasteiger partial charge is 0.494 e.